The number of aromatic nitrogens is 3. The maximum atomic E-state index is 11.7. The quantitative estimate of drug-likeness (QED) is 0.678. The van der Waals surface area contributed by atoms with Crippen LogP contribution >= 0.6 is 27.7 Å². The van der Waals surface area contributed by atoms with Gasteiger partial charge in [-0.2, -0.15) is 0 Å². The summed E-state index contributed by atoms with van der Waals surface area (Å²) in [5.41, 5.74) is 1.49. The van der Waals surface area contributed by atoms with Crippen LogP contribution in [0.1, 0.15) is 19.3 Å². The van der Waals surface area contributed by atoms with Gasteiger partial charge in [0.1, 0.15) is 6.10 Å². The van der Waals surface area contributed by atoms with E-state index in [4.69, 9.17) is 4.74 Å². The van der Waals surface area contributed by atoms with E-state index in [0.717, 1.165) is 40.2 Å². The minimum absolute atomic E-state index is 0.00157. The molecule has 5 nitrogen and oxygen atoms in total. The minimum atomic E-state index is -0.120. The predicted molar refractivity (Wildman–Crippen MR) is 78.5 cm³/mol. The first-order valence-electron chi connectivity index (χ1n) is 6.50. The Morgan fingerprint density at radius 1 is 1.55 bits per heavy atom. The molecule has 0 amide bonds. The van der Waals surface area contributed by atoms with Gasteiger partial charge in [0.15, 0.2) is 10.8 Å². The number of halogens is 1. The number of carbonyl (C=O) groups excluding carboxylic acids is 1. The van der Waals surface area contributed by atoms with E-state index in [1.54, 1.807) is 18.0 Å². The Morgan fingerprint density at radius 2 is 2.40 bits per heavy atom. The van der Waals surface area contributed by atoms with Gasteiger partial charge >= 0.3 is 5.97 Å². The van der Waals surface area contributed by atoms with E-state index in [1.165, 1.54) is 0 Å². The zero-order valence-corrected chi connectivity index (χ0v) is 13.0. The van der Waals surface area contributed by atoms with Crippen LogP contribution in [0.25, 0.3) is 11.2 Å². The molecular formula is C13H12BrN3O2S. The molecular weight excluding hydrogens is 342 g/mol. The second kappa shape index (κ2) is 4.46. The van der Waals surface area contributed by atoms with Crippen molar-refractivity contribution in [3.05, 3.63) is 16.7 Å². The highest BCUT2D eigenvalue weighted by Gasteiger charge is 2.57. The average molecular weight is 354 g/mol. The number of carbonyl (C=O) groups is 1. The van der Waals surface area contributed by atoms with Crippen molar-refractivity contribution in [3.8, 4) is 0 Å². The number of hydrogen-bond acceptors (Lipinski definition) is 5. The maximum Gasteiger partial charge on any atom is 0.312 e. The number of aromatic amines is 1. The standard InChI is InChI=1S/C13H12BrN3O2S/c14-7-3-9-10(15-5-7)17-12(16-9)20-6-8-4-13(1-2-13)11(18)19-8/h3,5,8H,1-2,4,6H2,(H,15,16,17). The van der Waals surface area contributed by atoms with E-state index in [2.05, 4.69) is 30.9 Å². The first kappa shape index (κ1) is 12.6. The molecule has 0 bridgehead atoms. The monoisotopic (exact) mass is 353 g/mol. The average Bonchev–Trinajstić information content (AvgIpc) is 2.97. The molecule has 2 aliphatic rings. The van der Waals surface area contributed by atoms with Crippen molar-refractivity contribution in [3.63, 3.8) is 0 Å². The fourth-order valence-electron chi connectivity index (χ4n) is 2.58. The lowest BCUT2D eigenvalue weighted by Crippen LogP contribution is -2.09. The van der Waals surface area contributed by atoms with E-state index < -0.39 is 0 Å². The lowest BCUT2D eigenvalue weighted by Gasteiger charge is -2.06. The molecule has 1 atom stereocenters. The number of cyclic esters (lactones) is 1. The fraction of sp³-hybridized carbons (Fsp3) is 0.462. The van der Waals surface area contributed by atoms with Crippen molar-refractivity contribution >= 4 is 44.8 Å². The van der Waals surface area contributed by atoms with Crippen LogP contribution in [0.2, 0.25) is 0 Å². The highest BCUT2D eigenvalue weighted by Crippen LogP contribution is 2.55. The van der Waals surface area contributed by atoms with Gasteiger partial charge in [-0.05, 0) is 34.8 Å². The molecule has 0 aromatic carbocycles. The van der Waals surface area contributed by atoms with Crippen molar-refractivity contribution < 1.29 is 9.53 Å². The fourth-order valence-corrected chi connectivity index (χ4v) is 3.78. The highest BCUT2D eigenvalue weighted by atomic mass is 79.9. The molecule has 1 saturated heterocycles. The smallest absolute Gasteiger partial charge is 0.312 e. The summed E-state index contributed by atoms with van der Waals surface area (Å²) in [7, 11) is 0. The van der Waals surface area contributed by atoms with Gasteiger partial charge in [-0.25, -0.2) is 9.97 Å². The van der Waals surface area contributed by atoms with E-state index in [9.17, 15) is 4.79 Å². The number of nitrogens with zero attached hydrogens (tertiary/aromatic N) is 2. The Hall–Kier alpha value is -1.08. The minimum Gasteiger partial charge on any atom is -0.461 e. The van der Waals surface area contributed by atoms with Crippen LogP contribution in [0.4, 0.5) is 0 Å². The van der Waals surface area contributed by atoms with Gasteiger partial charge in [0.25, 0.3) is 0 Å². The van der Waals surface area contributed by atoms with E-state index >= 15 is 0 Å². The van der Waals surface area contributed by atoms with E-state index in [1.807, 2.05) is 6.07 Å². The number of fused-ring (bicyclic) bond motifs is 1. The Bertz CT molecular complexity index is 698. The third kappa shape index (κ3) is 2.13. The summed E-state index contributed by atoms with van der Waals surface area (Å²) >= 11 is 4.97. The van der Waals surface area contributed by atoms with Gasteiger partial charge in [-0.1, -0.05) is 11.8 Å². The van der Waals surface area contributed by atoms with Gasteiger partial charge in [0, 0.05) is 22.8 Å². The largest absolute Gasteiger partial charge is 0.461 e. The number of imidazole rings is 1. The van der Waals surface area contributed by atoms with Crippen LogP contribution in [-0.2, 0) is 9.53 Å². The molecule has 7 heteroatoms. The summed E-state index contributed by atoms with van der Waals surface area (Å²) in [5, 5.41) is 0.818. The van der Waals surface area contributed by atoms with Crippen molar-refractivity contribution in [2.45, 2.75) is 30.5 Å². The zero-order chi connectivity index (χ0) is 13.7. The molecule has 1 spiro atoms. The number of hydrogen-bond donors (Lipinski definition) is 1. The summed E-state index contributed by atoms with van der Waals surface area (Å²) in [6, 6.07) is 1.95. The number of esters is 1. The molecule has 4 rings (SSSR count). The molecule has 1 aliphatic carbocycles. The summed E-state index contributed by atoms with van der Waals surface area (Å²) in [5.74, 6) is 0.743. The first-order chi connectivity index (χ1) is 9.64. The lowest BCUT2D eigenvalue weighted by molar-refractivity contribution is -0.144. The molecule has 2 aromatic rings. The summed E-state index contributed by atoms with van der Waals surface area (Å²) in [6.45, 7) is 0. The number of H-pyrrole nitrogens is 1. The van der Waals surface area contributed by atoms with Crippen molar-refractivity contribution in [1.29, 1.82) is 0 Å². The summed E-state index contributed by atoms with van der Waals surface area (Å²) < 4.78 is 6.35. The molecule has 2 fully saturated rings. The van der Waals surface area contributed by atoms with Gasteiger partial charge in [0.2, 0.25) is 0 Å². The molecule has 104 valence electrons. The van der Waals surface area contributed by atoms with Gasteiger partial charge in [0.05, 0.1) is 10.9 Å². The SMILES string of the molecule is O=C1OC(CSc2nc3ncc(Br)cc3[nH]2)CC12CC2. The van der Waals surface area contributed by atoms with Crippen molar-refractivity contribution in [1.82, 2.24) is 15.0 Å². The third-order valence-electron chi connectivity index (χ3n) is 3.87. The Balaban J connectivity index is 1.44. The number of thioether (sulfide) groups is 1. The van der Waals surface area contributed by atoms with Gasteiger partial charge in [-0.3, -0.25) is 4.79 Å². The zero-order valence-electron chi connectivity index (χ0n) is 10.6. The second-order valence-electron chi connectivity index (χ2n) is 5.39. The van der Waals surface area contributed by atoms with Crippen molar-refractivity contribution in [2.75, 3.05) is 5.75 Å². The normalized spacial score (nSPS) is 23.4. The molecule has 1 N–H and O–H groups in total. The Morgan fingerprint density at radius 3 is 3.15 bits per heavy atom. The number of nitrogens with one attached hydrogen (secondary N) is 1. The van der Waals surface area contributed by atoms with Crippen LogP contribution in [-0.4, -0.2) is 32.8 Å². The third-order valence-corrected chi connectivity index (χ3v) is 5.31. The van der Waals surface area contributed by atoms with Gasteiger partial charge in [-0.15, -0.1) is 0 Å². The second-order valence-corrected chi connectivity index (χ2v) is 7.31. The van der Waals surface area contributed by atoms with E-state index in [0.29, 0.717) is 5.65 Å². The number of rotatable bonds is 3. The summed E-state index contributed by atoms with van der Waals surface area (Å²) in [4.78, 5) is 23.6. The molecule has 1 unspecified atom stereocenters. The molecule has 1 aliphatic heterocycles. The molecule has 1 saturated carbocycles. The molecule has 20 heavy (non-hydrogen) atoms. The van der Waals surface area contributed by atoms with Crippen LogP contribution in [0.5, 0.6) is 0 Å². The van der Waals surface area contributed by atoms with Crippen molar-refractivity contribution in [2.24, 2.45) is 5.41 Å². The Kier molecular flexibility index (Phi) is 2.82. The lowest BCUT2D eigenvalue weighted by atomic mass is 10.0. The maximum absolute atomic E-state index is 11.7. The first-order valence-corrected chi connectivity index (χ1v) is 8.28. The highest BCUT2D eigenvalue weighted by molar-refractivity contribution is 9.10. The van der Waals surface area contributed by atoms with E-state index in [-0.39, 0.29) is 17.5 Å². The van der Waals surface area contributed by atoms with Crippen LogP contribution < -0.4 is 0 Å². The predicted octanol–water partition coefficient (Wildman–Crippen LogP) is 2.91. The molecule has 0 radical (unpaired) electrons. The van der Waals surface area contributed by atoms with Crippen LogP contribution in [0, 0.1) is 5.41 Å². The van der Waals surface area contributed by atoms with Gasteiger partial charge < -0.3 is 9.72 Å². The topological polar surface area (TPSA) is 67.9 Å². The van der Waals surface area contributed by atoms with Crippen LogP contribution in [0.3, 0.4) is 0 Å². The Labute approximate surface area is 128 Å². The summed E-state index contributed by atoms with van der Waals surface area (Å²) in [6.07, 6.45) is 4.60. The number of ether oxygens (including phenoxy) is 1. The number of pyridine rings is 1. The molecule has 2 aromatic heterocycles. The van der Waals surface area contributed by atoms with Crippen LogP contribution in [0.15, 0.2) is 21.9 Å². The molecule has 3 heterocycles.